The summed E-state index contributed by atoms with van der Waals surface area (Å²) in [7, 11) is 4.17. The second kappa shape index (κ2) is 6.63. The van der Waals surface area contributed by atoms with E-state index in [1.807, 2.05) is 30.9 Å². The molecule has 0 aliphatic rings. The van der Waals surface area contributed by atoms with Crippen LogP contribution in [0.5, 0.6) is 0 Å². The first-order valence-corrected chi connectivity index (χ1v) is 8.54. The molecule has 24 heavy (non-hydrogen) atoms. The van der Waals surface area contributed by atoms with Crippen molar-refractivity contribution in [3.63, 3.8) is 0 Å². The van der Waals surface area contributed by atoms with Gasteiger partial charge in [0.1, 0.15) is 11.6 Å². The van der Waals surface area contributed by atoms with E-state index in [-0.39, 0.29) is 0 Å². The number of aryl methyl sites for hydroxylation is 5. The van der Waals surface area contributed by atoms with Crippen LogP contribution in [0.4, 0.5) is 5.82 Å². The number of hydrogen-bond donors (Lipinski definition) is 0. The van der Waals surface area contributed by atoms with Gasteiger partial charge in [0.25, 0.3) is 0 Å². The van der Waals surface area contributed by atoms with Gasteiger partial charge in [-0.3, -0.25) is 0 Å². The molecule has 0 aliphatic heterocycles. The van der Waals surface area contributed by atoms with Gasteiger partial charge >= 0.3 is 0 Å². The minimum atomic E-state index is 0.925. The van der Waals surface area contributed by atoms with Crippen LogP contribution in [-0.2, 0) is 19.9 Å². The molecule has 3 rings (SSSR count). The van der Waals surface area contributed by atoms with Crippen LogP contribution >= 0.6 is 0 Å². The van der Waals surface area contributed by atoms with Crippen molar-refractivity contribution in [2.24, 2.45) is 7.05 Å². The third kappa shape index (κ3) is 3.00. The maximum absolute atomic E-state index is 4.75. The lowest BCUT2D eigenvalue weighted by molar-refractivity contribution is 0.703. The first-order valence-electron chi connectivity index (χ1n) is 8.54. The number of fused-ring (bicyclic) bond motifs is 1. The molecule has 0 saturated carbocycles. The normalized spacial score (nSPS) is 11.4. The molecule has 6 nitrogen and oxygen atoms in total. The van der Waals surface area contributed by atoms with Crippen molar-refractivity contribution in [2.75, 3.05) is 18.5 Å². The van der Waals surface area contributed by atoms with E-state index in [1.165, 1.54) is 0 Å². The molecular formula is C18H26N6. The second-order valence-electron chi connectivity index (χ2n) is 6.38. The highest BCUT2D eigenvalue weighted by atomic mass is 15.3. The number of anilines is 1. The average Bonchev–Trinajstić information content (AvgIpc) is 3.10. The summed E-state index contributed by atoms with van der Waals surface area (Å²) in [5, 5.41) is 4.68. The summed E-state index contributed by atoms with van der Waals surface area (Å²) >= 11 is 0. The van der Waals surface area contributed by atoms with Crippen LogP contribution in [0.1, 0.15) is 36.1 Å². The van der Waals surface area contributed by atoms with E-state index in [9.17, 15) is 0 Å². The van der Waals surface area contributed by atoms with Crippen LogP contribution in [0.2, 0.25) is 0 Å². The van der Waals surface area contributed by atoms with Crippen molar-refractivity contribution in [2.45, 2.75) is 40.0 Å². The molecule has 0 aromatic carbocycles. The Labute approximate surface area is 143 Å². The van der Waals surface area contributed by atoms with Gasteiger partial charge in [0.2, 0.25) is 0 Å². The lowest BCUT2D eigenvalue weighted by atomic mass is 10.2. The molecule has 3 aromatic heterocycles. The Kier molecular flexibility index (Phi) is 4.55. The quantitative estimate of drug-likeness (QED) is 0.699. The standard InChI is InChI=1S/C18H26N6/c1-6-15-12-17(24-18(20-15)13(2)14(3)21-24)23(5)10-7-8-16-19-9-11-22(16)4/h9,11-12H,6-8,10H2,1-5H3. The zero-order chi connectivity index (χ0) is 17.3. The van der Waals surface area contributed by atoms with E-state index in [0.29, 0.717) is 0 Å². The van der Waals surface area contributed by atoms with E-state index in [4.69, 9.17) is 4.98 Å². The Morgan fingerprint density at radius 3 is 2.71 bits per heavy atom. The first-order chi connectivity index (χ1) is 11.5. The molecule has 0 spiro atoms. The summed E-state index contributed by atoms with van der Waals surface area (Å²) < 4.78 is 4.06. The van der Waals surface area contributed by atoms with Crippen LogP contribution in [0.25, 0.3) is 5.65 Å². The van der Waals surface area contributed by atoms with Crippen LogP contribution in [-0.4, -0.2) is 37.7 Å². The predicted octanol–water partition coefficient (Wildman–Crippen LogP) is 2.71. The average molecular weight is 326 g/mol. The van der Waals surface area contributed by atoms with Crippen molar-refractivity contribution >= 4 is 11.5 Å². The van der Waals surface area contributed by atoms with E-state index < -0.39 is 0 Å². The number of imidazole rings is 1. The third-order valence-corrected chi connectivity index (χ3v) is 4.66. The minimum Gasteiger partial charge on any atom is -0.359 e. The van der Waals surface area contributed by atoms with Crippen molar-refractivity contribution in [3.05, 3.63) is 41.2 Å². The monoisotopic (exact) mass is 326 g/mol. The van der Waals surface area contributed by atoms with Gasteiger partial charge in [0.15, 0.2) is 5.65 Å². The Morgan fingerprint density at radius 2 is 2.04 bits per heavy atom. The number of rotatable bonds is 6. The fourth-order valence-corrected chi connectivity index (χ4v) is 2.94. The van der Waals surface area contributed by atoms with Crippen molar-refractivity contribution in [3.8, 4) is 0 Å². The maximum Gasteiger partial charge on any atom is 0.160 e. The molecule has 0 fully saturated rings. The molecule has 0 radical (unpaired) electrons. The molecule has 0 saturated heterocycles. The molecular weight excluding hydrogens is 300 g/mol. The van der Waals surface area contributed by atoms with E-state index in [2.05, 4.69) is 46.5 Å². The highest BCUT2D eigenvalue weighted by Gasteiger charge is 2.14. The topological polar surface area (TPSA) is 51.2 Å². The van der Waals surface area contributed by atoms with Crippen LogP contribution in [0.3, 0.4) is 0 Å². The summed E-state index contributed by atoms with van der Waals surface area (Å²) in [6.45, 7) is 7.23. The zero-order valence-electron chi connectivity index (χ0n) is 15.2. The SMILES string of the molecule is CCc1cc(N(C)CCCc2nccn2C)n2nc(C)c(C)c2n1. The summed E-state index contributed by atoms with van der Waals surface area (Å²) in [4.78, 5) is 11.4. The Hall–Kier alpha value is -2.37. The van der Waals surface area contributed by atoms with Crippen LogP contribution in [0, 0.1) is 13.8 Å². The Morgan fingerprint density at radius 1 is 1.25 bits per heavy atom. The van der Waals surface area contributed by atoms with Gasteiger partial charge < -0.3 is 9.47 Å². The summed E-state index contributed by atoms with van der Waals surface area (Å²) in [6.07, 6.45) is 6.79. The highest BCUT2D eigenvalue weighted by molar-refractivity contribution is 5.56. The van der Waals surface area contributed by atoms with Gasteiger partial charge in [-0.2, -0.15) is 9.61 Å². The van der Waals surface area contributed by atoms with Gasteiger partial charge in [0.05, 0.1) is 5.69 Å². The lowest BCUT2D eigenvalue weighted by Crippen LogP contribution is -2.23. The van der Waals surface area contributed by atoms with Gasteiger partial charge in [-0.15, -0.1) is 0 Å². The molecule has 0 atom stereocenters. The zero-order valence-corrected chi connectivity index (χ0v) is 15.2. The van der Waals surface area contributed by atoms with E-state index in [1.54, 1.807) is 0 Å². The van der Waals surface area contributed by atoms with Crippen LogP contribution in [0.15, 0.2) is 18.5 Å². The van der Waals surface area contributed by atoms with Gasteiger partial charge in [-0.05, 0) is 26.7 Å². The van der Waals surface area contributed by atoms with Crippen molar-refractivity contribution in [1.82, 2.24) is 24.1 Å². The third-order valence-electron chi connectivity index (χ3n) is 4.66. The smallest absolute Gasteiger partial charge is 0.160 e. The van der Waals surface area contributed by atoms with E-state index in [0.717, 1.165) is 60.0 Å². The van der Waals surface area contributed by atoms with Crippen LogP contribution < -0.4 is 4.90 Å². The fourth-order valence-electron chi connectivity index (χ4n) is 2.94. The summed E-state index contributed by atoms with van der Waals surface area (Å²) in [5.74, 6) is 2.23. The molecule has 0 aliphatic carbocycles. The Balaban J connectivity index is 1.82. The molecule has 0 unspecified atom stereocenters. The van der Waals surface area contributed by atoms with Crippen molar-refractivity contribution in [1.29, 1.82) is 0 Å². The number of aromatic nitrogens is 5. The molecule has 0 amide bonds. The largest absolute Gasteiger partial charge is 0.359 e. The van der Waals surface area contributed by atoms with E-state index >= 15 is 0 Å². The van der Waals surface area contributed by atoms with Gasteiger partial charge in [0, 0.05) is 56.8 Å². The molecule has 0 N–H and O–H groups in total. The Bertz CT molecular complexity index is 845. The maximum atomic E-state index is 4.75. The van der Waals surface area contributed by atoms with Gasteiger partial charge in [-0.1, -0.05) is 6.92 Å². The molecule has 6 heteroatoms. The molecule has 3 heterocycles. The molecule has 0 bridgehead atoms. The lowest BCUT2D eigenvalue weighted by Gasteiger charge is -2.20. The second-order valence-corrected chi connectivity index (χ2v) is 6.38. The first kappa shape index (κ1) is 16.5. The summed E-state index contributed by atoms with van der Waals surface area (Å²) in [6, 6.07) is 2.15. The number of nitrogens with zero attached hydrogens (tertiary/aromatic N) is 6. The summed E-state index contributed by atoms with van der Waals surface area (Å²) in [5.41, 5.74) is 4.28. The fraction of sp³-hybridized carbons (Fsp3) is 0.500. The van der Waals surface area contributed by atoms with Crippen molar-refractivity contribution < 1.29 is 0 Å². The highest BCUT2D eigenvalue weighted by Crippen LogP contribution is 2.21. The molecule has 3 aromatic rings. The number of hydrogen-bond acceptors (Lipinski definition) is 4. The van der Waals surface area contributed by atoms with Gasteiger partial charge in [-0.25, -0.2) is 9.97 Å². The predicted molar refractivity (Wildman–Crippen MR) is 96.6 cm³/mol. The minimum absolute atomic E-state index is 0.925. The molecule has 128 valence electrons.